The van der Waals surface area contributed by atoms with Crippen molar-refractivity contribution in [1.29, 1.82) is 0 Å². The van der Waals surface area contributed by atoms with Gasteiger partial charge >= 0.3 is 6.03 Å². The third kappa shape index (κ3) is 2.66. The minimum Gasteiger partial charge on any atom is -0.351 e. The molecule has 4 N–H and O–H groups in total. The molecule has 6 heteroatoms. The molecule has 0 aliphatic carbocycles. The molecule has 0 unspecified atom stereocenters. The van der Waals surface area contributed by atoms with E-state index in [1.165, 1.54) is 4.90 Å². The number of carbonyl (C=O) groups excluding carboxylic acids is 2. The summed E-state index contributed by atoms with van der Waals surface area (Å²) in [5, 5.41) is 0. The van der Waals surface area contributed by atoms with Crippen LogP contribution in [0, 0.1) is 0 Å². The van der Waals surface area contributed by atoms with E-state index in [2.05, 4.69) is 0 Å². The van der Waals surface area contributed by atoms with E-state index in [-0.39, 0.29) is 17.9 Å². The van der Waals surface area contributed by atoms with E-state index in [9.17, 15) is 9.59 Å². The number of rotatable bonds is 2. The molecule has 2 fully saturated rings. The predicted octanol–water partition coefficient (Wildman–Crippen LogP) is 0.483. The minimum absolute atomic E-state index is 0.0230. The summed E-state index contributed by atoms with van der Waals surface area (Å²) in [7, 11) is 0. The van der Waals surface area contributed by atoms with E-state index >= 15 is 0 Å². The Labute approximate surface area is 130 Å². The van der Waals surface area contributed by atoms with Crippen LogP contribution in [0.15, 0.2) is 30.3 Å². The number of carbonyl (C=O) groups is 2. The smallest absolute Gasteiger partial charge is 0.315 e. The molecule has 2 aliphatic rings. The lowest BCUT2D eigenvalue weighted by Crippen LogP contribution is -2.49. The number of hydrogen-bond donors (Lipinski definition) is 2. The summed E-state index contributed by atoms with van der Waals surface area (Å²) in [6.07, 6.45) is 1.50. The fourth-order valence-corrected chi connectivity index (χ4v) is 3.56. The Morgan fingerprint density at radius 3 is 2.55 bits per heavy atom. The first-order chi connectivity index (χ1) is 10.6. The van der Waals surface area contributed by atoms with Crippen molar-refractivity contribution in [2.24, 2.45) is 11.5 Å². The second-order valence-corrected chi connectivity index (χ2v) is 6.11. The van der Waals surface area contributed by atoms with E-state index in [0.717, 1.165) is 12.0 Å². The number of nitrogens with zero attached hydrogens (tertiary/aromatic N) is 2. The summed E-state index contributed by atoms with van der Waals surface area (Å²) >= 11 is 0. The maximum atomic E-state index is 12.7. The lowest BCUT2D eigenvalue weighted by Gasteiger charge is -2.26. The number of benzene rings is 1. The Kier molecular flexibility index (Phi) is 4.02. The van der Waals surface area contributed by atoms with Gasteiger partial charge in [-0.25, -0.2) is 4.79 Å². The average molecular weight is 302 g/mol. The molecule has 0 aromatic heterocycles. The third-order valence-corrected chi connectivity index (χ3v) is 4.73. The molecule has 1 aromatic rings. The largest absolute Gasteiger partial charge is 0.351 e. The molecule has 0 saturated carbocycles. The standard InChI is InChI=1S/C16H22N4O2/c17-13-10-19(9-12(13)11-5-2-1-3-6-11)15(21)14-7-4-8-20(14)16(18)22/h1-3,5-6,12-14H,4,7-10,17H2,(H2,18,22)/t12-,13+,14-/m0/s1. The fourth-order valence-electron chi connectivity index (χ4n) is 3.56. The highest BCUT2D eigenvalue weighted by Crippen LogP contribution is 2.28. The Bertz CT molecular complexity index is 563. The van der Waals surface area contributed by atoms with Gasteiger partial charge in [-0.05, 0) is 18.4 Å². The van der Waals surface area contributed by atoms with Crippen LogP contribution in [0.3, 0.4) is 0 Å². The Balaban J connectivity index is 1.71. The number of hydrogen-bond acceptors (Lipinski definition) is 3. The monoisotopic (exact) mass is 302 g/mol. The van der Waals surface area contributed by atoms with Crippen molar-refractivity contribution in [2.45, 2.75) is 30.8 Å². The van der Waals surface area contributed by atoms with Gasteiger partial charge in [0.25, 0.3) is 0 Å². The summed E-state index contributed by atoms with van der Waals surface area (Å²) in [4.78, 5) is 27.4. The van der Waals surface area contributed by atoms with Crippen molar-refractivity contribution >= 4 is 11.9 Å². The van der Waals surface area contributed by atoms with Crippen LogP contribution in [0.5, 0.6) is 0 Å². The van der Waals surface area contributed by atoms with Gasteiger partial charge in [0.05, 0.1) is 0 Å². The van der Waals surface area contributed by atoms with Crippen LogP contribution in [0.1, 0.15) is 24.3 Å². The summed E-state index contributed by atoms with van der Waals surface area (Å²) < 4.78 is 0. The van der Waals surface area contributed by atoms with Crippen molar-refractivity contribution in [1.82, 2.24) is 9.80 Å². The van der Waals surface area contributed by atoms with Gasteiger partial charge in [-0.2, -0.15) is 0 Å². The van der Waals surface area contributed by atoms with Gasteiger partial charge in [-0.1, -0.05) is 30.3 Å². The molecule has 0 radical (unpaired) electrons. The zero-order valence-corrected chi connectivity index (χ0v) is 12.5. The van der Waals surface area contributed by atoms with Crippen LogP contribution in [0.4, 0.5) is 4.79 Å². The second-order valence-electron chi connectivity index (χ2n) is 6.11. The van der Waals surface area contributed by atoms with Crippen LogP contribution in [0.25, 0.3) is 0 Å². The van der Waals surface area contributed by atoms with Crippen molar-refractivity contribution in [2.75, 3.05) is 19.6 Å². The summed E-state index contributed by atoms with van der Waals surface area (Å²) in [6, 6.07) is 9.02. The molecule has 3 rings (SSSR count). The molecule has 0 bridgehead atoms. The normalized spacial score (nSPS) is 28.1. The topological polar surface area (TPSA) is 92.7 Å². The number of primary amides is 1. The number of nitrogens with two attached hydrogens (primary N) is 2. The summed E-state index contributed by atoms with van der Waals surface area (Å²) in [5.41, 5.74) is 12.8. The molecule has 118 valence electrons. The molecule has 3 atom stereocenters. The molecule has 3 amide bonds. The van der Waals surface area contributed by atoms with E-state index in [0.29, 0.717) is 26.1 Å². The van der Waals surface area contributed by atoms with Gasteiger partial charge < -0.3 is 21.3 Å². The maximum absolute atomic E-state index is 12.7. The van der Waals surface area contributed by atoms with Gasteiger partial charge in [0, 0.05) is 31.6 Å². The molecular weight excluding hydrogens is 280 g/mol. The molecule has 2 aliphatic heterocycles. The molecule has 2 heterocycles. The van der Waals surface area contributed by atoms with Crippen molar-refractivity contribution < 1.29 is 9.59 Å². The van der Waals surface area contributed by atoms with Crippen LogP contribution in [-0.4, -0.2) is 53.5 Å². The van der Waals surface area contributed by atoms with E-state index in [4.69, 9.17) is 11.5 Å². The molecule has 0 spiro atoms. The third-order valence-electron chi connectivity index (χ3n) is 4.73. The van der Waals surface area contributed by atoms with Crippen LogP contribution in [-0.2, 0) is 4.79 Å². The van der Waals surface area contributed by atoms with E-state index in [1.807, 2.05) is 30.3 Å². The number of likely N-dealkylation sites (tertiary alicyclic amines) is 2. The first-order valence-corrected chi connectivity index (χ1v) is 7.73. The highest BCUT2D eigenvalue weighted by molar-refractivity contribution is 5.87. The van der Waals surface area contributed by atoms with Gasteiger partial charge in [0.2, 0.25) is 5.91 Å². The van der Waals surface area contributed by atoms with E-state index < -0.39 is 12.1 Å². The van der Waals surface area contributed by atoms with Crippen LogP contribution in [0.2, 0.25) is 0 Å². The predicted molar refractivity (Wildman–Crippen MR) is 83.0 cm³/mol. The van der Waals surface area contributed by atoms with Crippen molar-refractivity contribution in [3.63, 3.8) is 0 Å². The highest BCUT2D eigenvalue weighted by Gasteiger charge is 2.40. The van der Waals surface area contributed by atoms with Gasteiger partial charge in [0.15, 0.2) is 0 Å². The van der Waals surface area contributed by atoms with Gasteiger partial charge in [-0.3, -0.25) is 4.79 Å². The van der Waals surface area contributed by atoms with Crippen LogP contribution < -0.4 is 11.5 Å². The zero-order valence-electron chi connectivity index (χ0n) is 12.5. The Morgan fingerprint density at radius 2 is 1.86 bits per heavy atom. The van der Waals surface area contributed by atoms with E-state index in [1.54, 1.807) is 4.90 Å². The first kappa shape index (κ1) is 14.8. The average Bonchev–Trinajstić information content (AvgIpc) is 3.14. The molecule has 6 nitrogen and oxygen atoms in total. The first-order valence-electron chi connectivity index (χ1n) is 7.73. The number of urea groups is 1. The SMILES string of the molecule is NC(=O)N1CCC[C@H]1C(=O)N1C[C@@H](N)[C@H](c2ccccc2)C1. The Morgan fingerprint density at radius 1 is 1.14 bits per heavy atom. The Hall–Kier alpha value is -2.08. The lowest BCUT2D eigenvalue weighted by molar-refractivity contribution is -0.134. The lowest BCUT2D eigenvalue weighted by atomic mass is 9.95. The number of amides is 3. The van der Waals surface area contributed by atoms with Gasteiger partial charge in [-0.15, -0.1) is 0 Å². The van der Waals surface area contributed by atoms with Crippen LogP contribution >= 0.6 is 0 Å². The quantitative estimate of drug-likeness (QED) is 0.832. The molecule has 1 aromatic carbocycles. The molecular formula is C16H22N4O2. The molecule has 22 heavy (non-hydrogen) atoms. The van der Waals surface area contributed by atoms with Gasteiger partial charge in [0.1, 0.15) is 6.04 Å². The van der Waals surface area contributed by atoms with Crippen molar-refractivity contribution in [3.8, 4) is 0 Å². The molecule has 2 saturated heterocycles. The zero-order chi connectivity index (χ0) is 15.7. The maximum Gasteiger partial charge on any atom is 0.315 e. The minimum atomic E-state index is -0.515. The fraction of sp³-hybridized carbons (Fsp3) is 0.500. The summed E-state index contributed by atoms with van der Waals surface area (Å²) in [6.45, 7) is 1.70. The summed E-state index contributed by atoms with van der Waals surface area (Å²) in [5.74, 6) is 0.124. The van der Waals surface area contributed by atoms with Crippen molar-refractivity contribution in [3.05, 3.63) is 35.9 Å². The highest BCUT2D eigenvalue weighted by atomic mass is 16.2. The second kappa shape index (κ2) is 5.96.